The fraction of sp³-hybridized carbons (Fsp3) is 0.480. The quantitative estimate of drug-likeness (QED) is 0.190. The van der Waals surface area contributed by atoms with E-state index in [-0.39, 0.29) is 16.2 Å². The summed E-state index contributed by atoms with van der Waals surface area (Å²) < 4.78 is 76.9. The molecule has 0 radical (unpaired) electrons. The molecular formula is C25H30F3N3O3S2. The van der Waals surface area contributed by atoms with Crippen LogP contribution in [0.4, 0.5) is 13.2 Å². The van der Waals surface area contributed by atoms with Gasteiger partial charge in [0.1, 0.15) is 5.82 Å². The van der Waals surface area contributed by atoms with Crippen LogP contribution in [-0.4, -0.2) is 48.6 Å². The van der Waals surface area contributed by atoms with Gasteiger partial charge in [-0.05, 0) is 56.4 Å². The maximum Gasteiger partial charge on any atom is 0.243 e. The summed E-state index contributed by atoms with van der Waals surface area (Å²) in [5.74, 6) is -2.91. The molecule has 2 heterocycles. The summed E-state index contributed by atoms with van der Waals surface area (Å²) in [5, 5.41) is 0.506. The Hall–Kier alpha value is -2.08. The number of thioether (sulfide) groups is 1. The summed E-state index contributed by atoms with van der Waals surface area (Å²) >= 11 is 1.14. The Labute approximate surface area is 213 Å². The standard InChI is InChI=1S/C25H30F3N3O3S2/c1-3-34-11-5-10-31-23-8-7-20(36(32,33)30-9-4-6-17(2)15-30)14-22(23)29-25(31)35-16-18-12-19(26)13-21(27)24(18)28/h7-8,12-14,17H,3-6,9-11,15-16H2,1-2H3. The monoisotopic (exact) mass is 541 g/mol. The second-order valence-electron chi connectivity index (χ2n) is 9.01. The van der Waals surface area contributed by atoms with Gasteiger partial charge in [-0.3, -0.25) is 0 Å². The van der Waals surface area contributed by atoms with Gasteiger partial charge >= 0.3 is 0 Å². The number of fused-ring (bicyclic) bond motifs is 1. The zero-order valence-corrected chi connectivity index (χ0v) is 22.0. The van der Waals surface area contributed by atoms with E-state index in [0.717, 1.165) is 36.2 Å². The van der Waals surface area contributed by atoms with Crippen molar-refractivity contribution in [3.63, 3.8) is 0 Å². The third-order valence-corrected chi connectivity index (χ3v) is 9.13. The molecule has 1 aromatic heterocycles. The number of rotatable bonds is 10. The SMILES string of the molecule is CCOCCCn1c(SCc2cc(F)cc(F)c2F)nc2cc(S(=O)(=O)N3CCCC(C)C3)ccc21. The Morgan fingerprint density at radius 3 is 2.75 bits per heavy atom. The molecule has 1 atom stereocenters. The van der Waals surface area contributed by atoms with Gasteiger partial charge in [-0.25, -0.2) is 26.6 Å². The summed E-state index contributed by atoms with van der Waals surface area (Å²) in [6.45, 7) is 6.60. The van der Waals surface area contributed by atoms with Gasteiger partial charge in [0.05, 0.1) is 15.9 Å². The Morgan fingerprint density at radius 2 is 2.00 bits per heavy atom. The summed E-state index contributed by atoms with van der Waals surface area (Å²) in [5.41, 5.74) is 1.12. The second-order valence-corrected chi connectivity index (χ2v) is 11.9. The highest BCUT2D eigenvalue weighted by atomic mass is 32.2. The minimum absolute atomic E-state index is 0.0356. The van der Waals surface area contributed by atoms with E-state index in [2.05, 4.69) is 4.98 Å². The fourth-order valence-electron chi connectivity index (χ4n) is 4.41. The molecule has 0 spiro atoms. The molecule has 0 bridgehead atoms. The fourth-order valence-corrected chi connectivity index (χ4v) is 7.04. The Bertz CT molecular complexity index is 1330. The van der Waals surface area contributed by atoms with Gasteiger partial charge in [-0.1, -0.05) is 18.7 Å². The van der Waals surface area contributed by atoms with Gasteiger partial charge < -0.3 is 9.30 Å². The molecule has 1 aliphatic heterocycles. The lowest BCUT2D eigenvalue weighted by atomic mass is 10.0. The van der Waals surface area contributed by atoms with Crippen molar-refractivity contribution in [2.24, 2.45) is 5.92 Å². The average molecular weight is 542 g/mol. The number of hydrogen-bond acceptors (Lipinski definition) is 5. The summed E-state index contributed by atoms with van der Waals surface area (Å²) in [6.07, 6.45) is 2.52. The van der Waals surface area contributed by atoms with Crippen LogP contribution < -0.4 is 0 Å². The molecule has 1 fully saturated rings. The zero-order chi connectivity index (χ0) is 25.9. The van der Waals surface area contributed by atoms with E-state index in [4.69, 9.17) is 4.74 Å². The first-order chi connectivity index (χ1) is 17.2. The molecule has 0 saturated carbocycles. The van der Waals surface area contributed by atoms with E-state index in [0.29, 0.717) is 61.9 Å². The van der Waals surface area contributed by atoms with Crippen LogP contribution >= 0.6 is 11.8 Å². The molecule has 3 aromatic rings. The van der Waals surface area contributed by atoms with Crippen LogP contribution in [0, 0.1) is 23.4 Å². The molecule has 0 N–H and O–H groups in total. The van der Waals surface area contributed by atoms with Crippen molar-refractivity contribution in [3.8, 4) is 0 Å². The lowest BCUT2D eigenvalue weighted by Gasteiger charge is -2.30. The van der Waals surface area contributed by atoms with Crippen LogP contribution in [0.5, 0.6) is 0 Å². The number of ether oxygens (including phenoxy) is 1. The summed E-state index contributed by atoms with van der Waals surface area (Å²) in [7, 11) is -3.66. The third-order valence-electron chi connectivity index (χ3n) is 6.24. The number of sulfonamides is 1. The maximum atomic E-state index is 14.2. The van der Waals surface area contributed by atoms with Crippen molar-refractivity contribution in [3.05, 3.63) is 53.3 Å². The highest BCUT2D eigenvalue weighted by Crippen LogP contribution is 2.31. The number of aryl methyl sites for hydroxylation is 1. The van der Waals surface area contributed by atoms with Crippen LogP contribution in [0.1, 0.15) is 38.7 Å². The van der Waals surface area contributed by atoms with Crippen molar-refractivity contribution in [1.29, 1.82) is 0 Å². The minimum atomic E-state index is -3.66. The minimum Gasteiger partial charge on any atom is -0.382 e. The van der Waals surface area contributed by atoms with E-state index >= 15 is 0 Å². The Balaban J connectivity index is 1.65. The van der Waals surface area contributed by atoms with E-state index in [9.17, 15) is 21.6 Å². The molecule has 1 saturated heterocycles. The summed E-state index contributed by atoms with van der Waals surface area (Å²) in [4.78, 5) is 4.81. The van der Waals surface area contributed by atoms with Crippen LogP contribution in [0.2, 0.25) is 0 Å². The van der Waals surface area contributed by atoms with Gasteiger partial charge in [0.25, 0.3) is 0 Å². The number of imidazole rings is 1. The molecule has 6 nitrogen and oxygen atoms in total. The number of hydrogen-bond donors (Lipinski definition) is 0. The Kier molecular flexibility index (Phi) is 8.64. The Morgan fingerprint density at radius 1 is 1.19 bits per heavy atom. The van der Waals surface area contributed by atoms with Gasteiger partial charge in [-0.15, -0.1) is 0 Å². The molecule has 36 heavy (non-hydrogen) atoms. The summed E-state index contributed by atoms with van der Waals surface area (Å²) in [6, 6.07) is 6.37. The van der Waals surface area contributed by atoms with Gasteiger partial charge in [0.2, 0.25) is 10.0 Å². The van der Waals surface area contributed by atoms with E-state index in [1.165, 1.54) is 4.31 Å². The molecule has 1 aliphatic rings. The molecule has 11 heteroatoms. The first-order valence-corrected chi connectivity index (χ1v) is 14.5. The van der Waals surface area contributed by atoms with Crippen molar-refractivity contribution in [2.45, 2.75) is 55.5 Å². The lowest BCUT2D eigenvalue weighted by molar-refractivity contribution is 0.141. The molecule has 4 rings (SSSR count). The highest BCUT2D eigenvalue weighted by molar-refractivity contribution is 7.98. The number of benzene rings is 2. The van der Waals surface area contributed by atoms with Crippen LogP contribution in [-0.2, 0) is 27.1 Å². The maximum absolute atomic E-state index is 14.2. The van der Waals surface area contributed by atoms with E-state index < -0.39 is 27.5 Å². The normalized spacial score (nSPS) is 17.2. The average Bonchev–Trinajstić information content (AvgIpc) is 3.19. The number of halogens is 3. The van der Waals surface area contributed by atoms with Crippen molar-refractivity contribution >= 4 is 32.8 Å². The number of piperidine rings is 1. The second kappa shape index (κ2) is 11.5. The first kappa shape index (κ1) is 27.0. The van der Waals surface area contributed by atoms with Crippen LogP contribution in [0.15, 0.2) is 40.4 Å². The molecule has 2 aromatic carbocycles. The predicted molar refractivity (Wildman–Crippen MR) is 134 cm³/mol. The zero-order valence-electron chi connectivity index (χ0n) is 20.3. The predicted octanol–water partition coefficient (Wildman–Crippen LogP) is 5.59. The van der Waals surface area contributed by atoms with E-state index in [1.54, 1.807) is 18.2 Å². The molecule has 1 unspecified atom stereocenters. The third kappa shape index (κ3) is 5.90. The largest absolute Gasteiger partial charge is 0.382 e. The van der Waals surface area contributed by atoms with Gasteiger partial charge in [0.15, 0.2) is 16.8 Å². The van der Waals surface area contributed by atoms with Crippen LogP contribution in [0.25, 0.3) is 11.0 Å². The van der Waals surface area contributed by atoms with Crippen molar-refractivity contribution < 1.29 is 26.3 Å². The molecule has 196 valence electrons. The van der Waals surface area contributed by atoms with Gasteiger partial charge in [-0.2, -0.15) is 4.31 Å². The first-order valence-electron chi connectivity index (χ1n) is 12.0. The number of nitrogens with zero attached hydrogens (tertiary/aromatic N) is 3. The topological polar surface area (TPSA) is 64.4 Å². The van der Waals surface area contributed by atoms with Gasteiger partial charge in [0, 0.05) is 50.2 Å². The highest BCUT2D eigenvalue weighted by Gasteiger charge is 2.29. The lowest BCUT2D eigenvalue weighted by Crippen LogP contribution is -2.39. The van der Waals surface area contributed by atoms with Crippen molar-refractivity contribution in [2.75, 3.05) is 26.3 Å². The van der Waals surface area contributed by atoms with Crippen LogP contribution in [0.3, 0.4) is 0 Å². The smallest absolute Gasteiger partial charge is 0.243 e. The van der Waals surface area contributed by atoms with Crippen molar-refractivity contribution in [1.82, 2.24) is 13.9 Å². The molecule has 0 aliphatic carbocycles. The molecule has 0 amide bonds. The molecular weight excluding hydrogens is 511 g/mol. The van der Waals surface area contributed by atoms with E-state index in [1.807, 2.05) is 18.4 Å². The number of aromatic nitrogens is 2.